The Bertz CT molecular complexity index is 485. The lowest BCUT2D eigenvalue weighted by Crippen LogP contribution is -2.05. The van der Waals surface area contributed by atoms with Crippen molar-refractivity contribution in [1.82, 2.24) is 4.98 Å². The minimum atomic E-state index is -3.04. The molecule has 0 aliphatic heterocycles. The van der Waals surface area contributed by atoms with Gasteiger partial charge < -0.3 is 4.74 Å². The zero-order valence-corrected chi connectivity index (χ0v) is 8.68. The fraction of sp³-hybridized carbons (Fsp3) is 0.333. The van der Waals surface area contributed by atoms with Crippen molar-refractivity contribution in [3.8, 4) is 11.9 Å². The van der Waals surface area contributed by atoms with Gasteiger partial charge in [-0.1, -0.05) is 0 Å². The number of ether oxygens (including phenoxy) is 1. The Morgan fingerprint density at radius 1 is 1.71 bits per heavy atom. The van der Waals surface area contributed by atoms with Gasteiger partial charge in [0.05, 0.1) is 24.5 Å². The van der Waals surface area contributed by atoms with Gasteiger partial charge in [0.2, 0.25) is 5.88 Å². The van der Waals surface area contributed by atoms with E-state index in [4.69, 9.17) is 5.26 Å². The van der Waals surface area contributed by atoms with Crippen molar-refractivity contribution in [2.24, 2.45) is 0 Å². The van der Waals surface area contributed by atoms with Gasteiger partial charge in [0.15, 0.2) is 0 Å². The van der Waals surface area contributed by atoms with Crippen molar-refractivity contribution < 1.29 is 18.4 Å². The molecule has 17 heavy (non-hydrogen) atoms. The van der Waals surface area contributed by atoms with Gasteiger partial charge in [-0.2, -0.15) is 5.26 Å². The van der Waals surface area contributed by atoms with E-state index in [1.807, 2.05) is 0 Å². The lowest BCUT2D eigenvalue weighted by molar-refractivity contribution is -0.387. The topological polar surface area (TPSA) is 89.0 Å². The minimum absolute atomic E-state index is 0.184. The third-order valence-electron chi connectivity index (χ3n) is 1.94. The highest BCUT2D eigenvalue weighted by Gasteiger charge is 2.28. The number of rotatable bonds is 4. The van der Waals surface area contributed by atoms with Gasteiger partial charge in [0.25, 0.3) is 6.43 Å². The Labute approximate surface area is 94.6 Å². The fourth-order valence-corrected chi connectivity index (χ4v) is 1.27. The number of nitrogens with zero attached hydrogens (tertiary/aromatic N) is 3. The molecule has 0 atom stereocenters. The third-order valence-corrected chi connectivity index (χ3v) is 1.94. The van der Waals surface area contributed by atoms with E-state index in [1.165, 1.54) is 7.11 Å². The van der Waals surface area contributed by atoms with Crippen LogP contribution in [0.5, 0.6) is 5.88 Å². The second-order valence-electron chi connectivity index (χ2n) is 2.94. The van der Waals surface area contributed by atoms with Crippen LogP contribution in [0.3, 0.4) is 0 Å². The van der Waals surface area contributed by atoms with Gasteiger partial charge in [-0.25, -0.2) is 13.8 Å². The van der Waals surface area contributed by atoms with Crippen LogP contribution >= 0.6 is 0 Å². The van der Waals surface area contributed by atoms with Crippen LogP contribution in [0.1, 0.15) is 17.7 Å². The van der Waals surface area contributed by atoms with E-state index in [-0.39, 0.29) is 11.6 Å². The molecule has 6 nitrogen and oxygen atoms in total. The summed E-state index contributed by atoms with van der Waals surface area (Å²) in [7, 11) is 1.19. The lowest BCUT2D eigenvalue weighted by Gasteiger charge is -2.07. The summed E-state index contributed by atoms with van der Waals surface area (Å²) in [6.07, 6.45) is -3.47. The highest BCUT2D eigenvalue weighted by molar-refractivity contribution is 5.48. The summed E-state index contributed by atoms with van der Waals surface area (Å²) in [5.41, 5.74) is -1.96. The molecule has 1 heterocycles. The van der Waals surface area contributed by atoms with E-state index in [0.29, 0.717) is 0 Å². The maximum Gasteiger partial charge on any atom is 0.300 e. The molecule has 0 amide bonds. The predicted octanol–water partition coefficient (Wildman–Crippen LogP) is 2.00. The number of pyridine rings is 1. The Morgan fingerprint density at radius 2 is 2.35 bits per heavy atom. The van der Waals surface area contributed by atoms with E-state index in [2.05, 4.69) is 9.72 Å². The van der Waals surface area contributed by atoms with Crippen LogP contribution in [-0.2, 0) is 6.42 Å². The lowest BCUT2D eigenvalue weighted by atomic mass is 10.1. The first-order valence-corrected chi connectivity index (χ1v) is 4.38. The van der Waals surface area contributed by atoms with Crippen molar-refractivity contribution in [3.63, 3.8) is 0 Å². The molecular formula is C9H7F2N3O3. The number of methoxy groups -OCH3 is 1. The van der Waals surface area contributed by atoms with Crippen LogP contribution in [-0.4, -0.2) is 17.0 Å². The number of halogens is 2. The van der Waals surface area contributed by atoms with E-state index in [1.54, 1.807) is 6.07 Å². The molecule has 1 rings (SSSR count). The number of nitro groups is 1. The molecule has 0 saturated heterocycles. The van der Waals surface area contributed by atoms with Gasteiger partial charge in [-0.05, 0) is 0 Å². The first kappa shape index (κ1) is 12.8. The number of alkyl halides is 2. The quantitative estimate of drug-likeness (QED) is 0.596. The summed E-state index contributed by atoms with van der Waals surface area (Å²) in [5.74, 6) is -0.184. The molecule has 0 fully saturated rings. The first-order valence-electron chi connectivity index (χ1n) is 4.38. The standard InChI is InChI=1S/C9H7F2N3O3/c1-17-7-4-5(9(10)11)8(14(15)16)6(13-7)2-3-12/h4,9H,2H2,1H3. The molecule has 0 N–H and O–H groups in total. The molecule has 0 unspecified atom stereocenters. The Morgan fingerprint density at radius 3 is 2.76 bits per heavy atom. The monoisotopic (exact) mass is 243 g/mol. The number of nitriles is 1. The van der Waals surface area contributed by atoms with Gasteiger partial charge in [-0.3, -0.25) is 10.1 Å². The molecule has 90 valence electrons. The minimum Gasteiger partial charge on any atom is -0.481 e. The Balaban J connectivity index is 3.50. The van der Waals surface area contributed by atoms with Crippen molar-refractivity contribution in [3.05, 3.63) is 27.4 Å². The van der Waals surface area contributed by atoms with Crippen LogP contribution in [0.2, 0.25) is 0 Å². The maximum atomic E-state index is 12.7. The number of hydrogen-bond donors (Lipinski definition) is 0. The number of hydrogen-bond acceptors (Lipinski definition) is 5. The van der Waals surface area contributed by atoms with Crippen molar-refractivity contribution >= 4 is 5.69 Å². The summed E-state index contributed by atoms with van der Waals surface area (Å²) >= 11 is 0. The maximum absolute atomic E-state index is 12.7. The van der Waals surface area contributed by atoms with Crippen molar-refractivity contribution in [1.29, 1.82) is 5.26 Å². The predicted molar refractivity (Wildman–Crippen MR) is 51.7 cm³/mol. The molecule has 0 aliphatic rings. The highest BCUT2D eigenvalue weighted by atomic mass is 19.3. The fourth-order valence-electron chi connectivity index (χ4n) is 1.27. The second kappa shape index (κ2) is 5.16. The van der Waals surface area contributed by atoms with E-state index >= 15 is 0 Å². The summed E-state index contributed by atoms with van der Waals surface area (Å²) in [5, 5.41) is 19.2. The molecule has 0 aliphatic carbocycles. The second-order valence-corrected chi connectivity index (χ2v) is 2.94. The van der Waals surface area contributed by atoms with E-state index in [0.717, 1.165) is 6.07 Å². The SMILES string of the molecule is COc1cc(C(F)F)c([N+](=O)[O-])c(CC#N)n1. The number of aromatic nitrogens is 1. The van der Waals surface area contributed by atoms with Crippen LogP contribution in [0.25, 0.3) is 0 Å². The molecular weight excluding hydrogens is 236 g/mol. The van der Waals surface area contributed by atoms with Gasteiger partial charge in [-0.15, -0.1) is 0 Å². The summed E-state index contributed by atoms with van der Waals surface area (Å²) < 4.78 is 30.0. The highest BCUT2D eigenvalue weighted by Crippen LogP contribution is 2.33. The molecule has 1 aromatic heterocycles. The molecule has 0 radical (unpaired) electrons. The van der Waals surface area contributed by atoms with E-state index in [9.17, 15) is 18.9 Å². The third kappa shape index (κ3) is 2.63. The smallest absolute Gasteiger partial charge is 0.300 e. The summed E-state index contributed by atoms with van der Waals surface area (Å²) in [4.78, 5) is 13.4. The van der Waals surface area contributed by atoms with Crippen LogP contribution in [0.4, 0.5) is 14.5 Å². The molecule has 0 aromatic carbocycles. The average Bonchev–Trinajstić information content (AvgIpc) is 2.27. The molecule has 0 bridgehead atoms. The van der Waals surface area contributed by atoms with Crippen LogP contribution in [0.15, 0.2) is 6.07 Å². The van der Waals surface area contributed by atoms with Gasteiger partial charge in [0.1, 0.15) is 11.3 Å². The zero-order valence-electron chi connectivity index (χ0n) is 8.68. The molecule has 0 saturated carbocycles. The van der Waals surface area contributed by atoms with Crippen molar-refractivity contribution in [2.75, 3.05) is 7.11 Å². The average molecular weight is 243 g/mol. The van der Waals surface area contributed by atoms with Crippen molar-refractivity contribution in [2.45, 2.75) is 12.8 Å². The zero-order chi connectivity index (χ0) is 13.0. The largest absolute Gasteiger partial charge is 0.481 e. The first-order chi connectivity index (χ1) is 8.01. The van der Waals surface area contributed by atoms with Crippen LogP contribution in [0, 0.1) is 21.4 Å². The van der Waals surface area contributed by atoms with E-state index < -0.39 is 29.0 Å². The molecule has 8 heteroatoms. The van der Waals surface area contributed by atoms with Crippen LogP contribution < -0.4 is 4.74 Å². The summed E-state index contributed by atoms with van der Waals surface area (Å²) in [6, 6.07) is 2.42. The van der Waals surface area contributed by atoms with Gasteiger partial charge in [0, 0.05) is 6.07 Å². The van der Waals surface area contributed by atoms with Gasteiger partial charge >= 0.3 is 5.69 Å². The Kier molecular flexibility index (Phi) is 3.87. The molecule has 0 spiro atoms. The molecule has 1 aromatic rings. The normalized spacial score (nSPS) is 10.1. The Hall–Kier alpha value is -2.30. The summed E-state index contributed by atoms with van der Waals surface area (Å²) in [6.45, 7) is 0.